The van der Waals surface area contributed by atoms with E-state index < -0.39 is 16.1 Å². The summed E-state index contributed by atoms with van der Waals surface area (Å²) in [5, 5.41) is 10.1. The van der Waals surface area contributed by atoms with Gasteiger partial charge in [-0.05, 0) is 23.1 Å². The molecular weight excluding hydrogens is 262 g/mol. The Balaban J connectivity index is 2.15. The summed E-state index contributed by atoms with van der Waals surface area (Å²) in [4.78, 5) is 0. The molecule has 5 heteroatoms. The predicted molar refractivity (Wildman–Crippen MR) is 75.0 cm³/mol. The molecule has 0 aromatic heterocycles. The number of sulfonamides is 1. The fraction of sp³-hybridized carbons (Fsp3) is 0.571. The van der Waals surface area contributed by atoms with E-state index in [1.165, 1.54) is 10.6 Å². The average Bonchev–Trinajstić information content (AvgIpc) is 2.78. The maximum absolute atomic E-state index is 11.5. The van der Waals surface area contributed by atoms with E-state index in [1.54, 1.807) is 0 Å². The molecule has 1 aliphatic heterocycles. The number of nitrogens with zero attached hydrogens (tertiary/aromatic N) is 1. The van der Waals surface area contributed by atoms with Crippen LogP contribution in [0.2, 0.25) is 0 Å². The molecule has 0 saturated heterocycles. The quantitative estimate of drug-likeness (QED) is 0.901. The van der Waals surface area contributed by atoms with E-state index in [4.69, 9.17) is 0 Å². The minimum atomic E-state index is -3.15. The Hall–Kier alpha value is -0.910. The Morgan fingerprint density at radius 3 is 2.63 bits per heavy atom. The molecule has 0 aliphatic carbocycles. The largest absolute Gasteiger partial charge is 0.388 e. The fourth-order valence-corrected chi connectivity index (χ4v) is 3.14. The topological polar surface area (TPSA) is 57.6 Å². The van der Waals surface area contributed by atoms with Crippen LogP contribution in [0.25, 0.3) is 0 Å². The molecule has 19 heavy (non-hydrogen) atoms. The van der Waals surface area contributed by atoms with Crippen molar-refractivity contribution in [1.29, 1.82) is 0 Å². The van der Waals surface area contributed by atoms with E-state index in [1.807, 2.05) is 18.2 Å². The highest BCUT2D eigenvalue weighted by molar-refractivity contribution is 7.88. The maximum atomic E-state index is 11.5. The van der Waals surface area contributed by atoms with Crippen LogP contribution in [0.3, 0.4) is 0 Å². The van der Waals surface area contributed by atoms with Gasteiger partial charge in [-0.2, -0.15) is 4.31 Å². The van der Waals surface area contributed by atoms with Crippen molar-refractivity contribution in [2.24, 2.45) is 0 Å². The lowest BCUT2D eigenvalue weighted by atomic mass is 10.00. The first-order valence-electron chi connectivity index (χ1n) is 6.66. The molecule has 0 fully saturated rings. The summed E-state index contributed by atoms with van der Waals surface area (Å²) in [5.41, 5.74) is 2.94. The van der Waals surface area contributed by atoms with Crippen molar-refractivity contribution in [2.45, 2.75) is 45.4 Å². The molecular formula is C14H21NO3S. The Morgan fingerprint density at radius 1 is 1.32 bits per heavy atom. The third-order valence-electron chi connectivity index (χ3n) is 3.61. The first-order chi connectivity index (χ1) is 8.91. The highest BCUT2D eigenvalue weighted by atomic mass is 32.2. The van der Waals surface area contributed by atoms with Gasteiger partial charge in [0, 0.05) is 13.1 Å². The number of aliphatic hydroxyl groups excluding tert-OH is 1. The Bertz CT molecular complexity index is 554. The van der Waals surface area contributed by atoms with Crippen LogP contribution in [0.5, 0.6) is 0 Å². The van der Waals surface area contributed by atoms with Crippen LogP contribution in [-0.2, 0) is 23.1 Å². The molecule has 4 nitrogen and oxygen atoms in total. The minimum Gasteiger partial charge on any atom is -0.388 e. The third-order valence-corrected chi connectivity index (χ3v) is 4.80. The van der Waals surface area contributed by atoms with E-state index in [-0.39, 0.29) is 0 Å². The number of aliphatic hydroxyl groups is 1. The van der Waals surface area contributed by atoms with Crippen molar-refractivity contribution < 1.29 is 13.5 Å². The zero-order valence-electron chi connectivity index (χ0n) is 11.5. The molecule has 1 heterocycles. The summed E-state index contributed by atoms with van der Waals surface area (Å²) in [6.45, 7) is 2.96. The lowest BCUT2D eigenvalue weighted by Crippen LogP contribution is -2.23. The van der Waals surface area contributed by atoms with E-state index in [2.05, 4.69) is 6.92 Å². The molecule has 1 unspecified atom stereocenters. The summed E-state index contributed by atoms with van der Waals surface area (Å²) in [6, 6.07) is 5.79. The van der Waals surface area contributed by atoms with Crippen LogP contribution >= 0.6 is 0 Å². The highest BCUT2D eigenvalue weighted by Crippen LogP contribution is 2.28. The second-order valence-corrected chi connectivity index (χ2v) is 7.20. The number of rotatable bonds is 5. The SMILES string of the molecule is CCCCC(O)c1ccc2c(c1)CN(S(C)(=O)=O)C2. The number of hydrogen-bond donors (Lipinski definition) is 1. The monoisotopic (exact) mass is 283 g/mol. The van der Waals surface area contributed by atoms with Gasteiger partial charge >= 0.3 is 0 Å². The molecule has 0 bridgehead atoms. The fourth-order valence-electron chi connectivity index (χ4n) is 2.39. The third kappa shape index (κ3) is 3.35. The van der Waals surface area contributed by atoms with Gasteiger partial charge in [0.15, 0.2) is 0 Å². The summed E-state index contributed by atoms with van der Waals surface area (Å²) in [5.74, 6) is 0. The van der Waals surface area contributed by atoms with E-state index in [0.29, 0.717) is 13.1 Å². The van der Waals surface area contributed by atoms with Gasteiger partial charge in [-0.3, -0.25) is 0 Å². The zero-order valence-corrected chi connectivity index (χ0v) is 12.3. The Kier molecular flexibility index (Phi) is 4.28. The van der Waals surface area contributed by atoms with Crippen LogP contribution in [0.15, 0.2) is 18.2 Å². The van der Waals surface area contributed by atoms with Gasteiger partial charge in [0.1, 0.15) is 0 Å². The lowest BCUT2D eigenvalue weighted by molar-refractivity contribution is 0.164. The molecule has 1 N–H and O–H groups in total. The number of fused-ring (bicyclic) bond motifs is 1. The molecule has 0 amide bonds. The van der Waals surface area contributed by atoms with Crippen LogP contribution < -0.4 is 0 Å². The Labute approximate surface area is 115 Å². The smallest absolute Gasteiger partial charge is 0.211 e. The van der Waals surface area contributed by atoms with Crippen LogP contribution in [0, 0.1) is 0 Å². The van der Waals surface area contributed by atoms with Crippen molar-refractivity contribution in [3.05, 3.63) is 34.9 Å². The van der Waals surface area contributed by atoms with Crippen molar-refractivity contribution in [3.63, 3.8) is 0 Å². The van der Waals surface area contributed by atoms with Crippen LogP contribution in [0.1, 0.15) is 49.0 Å². The average molecular weight is 283 g/mol. The van der Waals surface area contributed by atoms with Gasteiger partial charge in [-0.25, -0.2) is 8.42 Å². The van der Waals surface area contributed by atoms with Gasteiger partial charge in [0.05, 0.1) is 12.4 Å². The number of unbranched alkanes of at least 4 members (excludes halogenated alkanes) is 1. The first kappa shape index (κ1) is 14.5. The minimum absolute atomic E-state index is 0.419. The molecule has 0 radical (unpaired) electrons. The number of benzene rings is 1. The molecule has 0 spiro atoms. The lowest BCUT2D eigenvalue weighted by Gasteiger charge is -2.11. The van der Waals surface area contributed by atoms with Gasteiger partial charge in [0.25, 0.3) is 0 Å². The number of hydrogen-bond acceptors (Lipinski definition) is 3. The predicted octanol–water partition coefficient (Wildman–Crippen LogP) is 2.19. The van der Waals surface area contributed by atoms with Crippen LogP contribution in [0.4, 0.5) is 0 Å². The second-order valence-electron chi connectivity index (χ2n) is 5.22. The van der Waals surface area contributed by atoms with Crippen LogP contribution in [-0.4, -0.2) is 24.1 Å². The molecule has 1 aliphatic rings. The van der Waals surface area contributed by atoms with Crippen molar-refractivity contribution in [3.8, 4) is 0 Å². The van der Waals surface area contributed by atoms with E-state index >= 15 is 0 Å². The first-order valence-corrected chi connectivity index (χ1v) is 8.51. The van der Waals surface area contributed by atoms with Gasteiger partial charge in [-0.1, -0.05) is 38.0 Å². The summed E-state index contributed by atoms with van der Waals surface area (Å²) < 4.78 is 24.5. The standard InChI is InChI=1S/C14H21NO3S/c1-3-4-5-14(16)11-6-7-12-9-15(19(2,17)18)10-13(12)8-11/h6-8,14,16H,3-5,9-10H2,1-2H3. The molecule has 1 atom stereocenters. The van der Waals surface area contributed by atoms with Crippen molar-refractivity contribution in [1.82, 2.24) is 4.31 Å². The molecule has 1 aromatic carbocycles. The molecule has 1 aromatic rings. The maximum Gasteiger partial charge on any atom is 0.211 e. The molecule has 0 saturated carbocycles. The molecule has 2 rings (SSSR count). The van der Waals surface area contributed by atoms with E-state index in [0.717, 1.165) is 36.0 Å². The second kappa shape index (κ2) is 5.61. The summed E-state index contributed by atoms with van der Waals surface area (Å²) >= 11 is 0. The Morgan fingerprint density at radius 2 is 2.00 bits per heavy atom. The highest BCUT2D eigenvalue weighted by Gasteiger charge is 2.26. The summed E-state index contributed by atoms with van der Waals surface area (Å²) in [7, 11) is -3.15. The van der Waals surface area contributed by atoms with Gasteiger partial charge in [-0.15, -0.1) is 0 Å². The summed E-state index contributed by atoms with van der Waals surface area (Å²) in [6.07, 6.45) is 3.59. The molecule has 106 valence electrons. The van der Waals surface area contributed by atoms with Gasteiger partial charge in [0.2, 0.25) is 10.0 Å². The zero-order chi connectivity index (χ0) is 14.0. The van der Waals surface area contributed by atoms with Gasteiger partial charge < -0.3 is 5.11 Å². The van der Waals surface area contributed by atoms with Crippen molar-refractivity contribution in [2.75, 3.05) is 6.26 Å². The normalized spacial score (nSPS) is 17.4. The van der Waals surface area contributed by atoms with Crippen molar-refractivity contribution >= 4 is 10.0 Å². The van der Waals surface area contributed by atoms with E-state index in [9.17, 15) is 13.5 Å².